The van der Waals surface area contributed by atoms with Crippen LogP contribution in [0.2, 0.25) is 0 Å². The van der Waals surface area contributed by atoms with E-state index in [4.69, 9.17) is 9.47 Å². The van der Waals surface area contributed by atoms with Crippen LogP contribution in [-0.4, -0.2) is 40.8 Å². The van der Waals surface area contributed by atoms with Crippen LogP contribution in [-0.2, 0) is 14.8 Å². The lowest BCUT2D eigenvalue weighted by Gasteiger charge is -2.31. The molecule has 0 aliphatic carbocycles. The highest BCUT2D eigenvalue weighted by molar-refractivity contribution is 7.92. The van der Waals surface area contributed by atoms with Gasteiger partial charge in [-0.3, -0.25) is 9.10 Å². The number of anilines is 1. The summed E-state index contributed by atoms with van der Waals surface area (Å²) in [4.78, 5) is 13.2. The van der Waals surface area contributed by atoms with Gasteiger partial charge < -0.3 is 14.8 Å². The van der Waals surface area contributed by atoms with Crippen LogP contribution < -0.4 is 19.1 Å². The summed E-state index contributed by atoms with van der Waals surface area (Å²) in [5, 5.41) is 3.01. The van der Waals surface area contributed by atoms with Crippen molar-refractivity contribution < 1.29 is 22.7 Å². The zero-order valence-corrected chi connectivity index (χ0v) is 18.9. The number of carbonyl (C=O) groups excluding carboxylic acids is 1. The van der Waals surface area contributed by atoms with Gasteiger partial charge in [0.25, 0.3) is 0 Å². The summed E-state index contributed by atoms with van der Waals surface area (Å²) in [6, 6.07) is 13.0. The quantitative estimate of drug-likeness (QED) is 0.618. The molecule has 0 aromatic heterocycles. The van der Waals surface area contributed by atoms with Gasteiger partial charge in [-0.15, -0.1) is 0 Å². The Balaban J connectivity index is 2.34. The fraction of sp³-hybridized carbons (Fsp3) is 0.409. The molecule has 1 amide bonds. The van der Waals surface area contributed by atoms with Crippen LogP contribution in [0.3, 0.4) is 0 Å². The predicted octanol–water partition coefficient (Wildman–Crippen LogP) is 3.52. The van der Waals surface area contributed by atoms with Crippen molar-refractivity contribution in [3.63, 3.8) is 0 Å². The van der Waals surface area contributed by atoms with Crippen LogP contribution in [0.15, 0.2) is 48.5 Å². The van der Waals surface area contributed by atoms with Crippen molar-refractivity contribution in [1.29, 1.82) is 0 Å². The average Bonchev–Trinajstić information content (AvgIpc) is 2.74. The number of sulfonamides is 1. The molecular formula is C22H30N2O5S. The van der Waals surface area contributed by atoms with E-state index in [1.807, 2.05) is 31.2 Å². The number of nitrogens with zero attached hydrogens (tertiary/aromatic N) is 1. The monoisotopic (exact) mass is 434 g/mol. The van der Waals surface area contributed by atoms with E-state index in [1.165, 1.54) is 7.11 Å². The lowest BCUT2D eigenvalue weighted by Crippen LogP contribution is -2.50. The lowest BCUT2D eigenvalue weighted by molar-refractivity contribution is -0.123. The van der Waals surface area contributed by atoms with Crippen LogP contribution in [0.1, 0.15) is 38.3 Å². The van der Waals surface area contributed by atoms with E-state index in [1.54, 1.807) is 38.3 Å². The maximum atomic E-state index is 13.2. The molecule has 0 saturated carbocycles. The number of hydrogen-bond donors (Lipinski definition) is 1. The van der Waals surface area contributed by atoms with E-state index < -0.39 is 16.1 Å². The van der Waals surface area contributed by atoms with Crippen LogP contribution in [0.25, 0.3) is 0 Å². The molecule has 2 atom stereocenters. The molecule has 30 heavy (non-hydrogen) atoms. The molecule has 0 aliphatic rings. The minimum Gasteiger partial charge on any atom is -0.497 e. The minimum atomic E-state index is -3.72. The Kier molecular flexibility index (Phi) is 8.11. The van der Waals surface area contributed by atoms with Gasteiger partial charge in [-0.25, -0.2) is 8.42 Å². The minimum absolute atomic E-state index is 0.246. The van der Waals surface area contributed by atoms with Crippen LogP contribution >= 0.6 is 0 Å². The summed E-state index contributed by atoms with van der Waals surface area (Å²) in [7, 11) is -0.611. The summed E-state index contributed by atoms with van der Waals surface area (Å²) < 4.78 is 36.8. The number of methoxy groups -OCH3 is 2. The molecule has 0 saturated heterocycles. The van der Waals surface area contributed by atoms with Gasteiger partial charge in [0.2, 0.25) is 15.9 Å². The number of hydrogen-bond acceptors (Lipinski definition) is 5. The summed E-state index contributed by atoms with van der Waals surface area (Å²) in [6.45, 7) is 3.75. The Morgan fingerprint density at radius 3 is 2.13 bits per heavy atom. The Labute approximate surface area is 179 Å². The molecule has 1 N–H and O–H groups in total. The van der Waals surface area contributed by atoms with Crippen molar-refractivity contribution in [2.45, 2.75) is 38.8 Å². The number of rotatable bonds is 10. The number of carbonyl (C=O) groups is 1. The standard InChI is InChI=1S/C22H30N2O5S/c1-6-20(16-11-13-18(28-3)14-12-16)23-22(25)21(7-2)24(30(5,26)27)17-9-8-10-19(15-17)29-4/h8-15,20-21H,6-7H2,1-5H3,(H,23,25)/t20-,21-/m0/s1. The number of benzene rings is 2. The van der Waals surface area contributed by atoms with Gasteiger partial charge >= 0.3 is 0 Å². The highest BCUT2D eigenvalue weighted by Crippen LogP contribution is 2.27. The molecule has 7 nitrogen and oxygen atoms in total. The van der Waals surface area contributed by atoms with Gasteiger partial charge in [0, 0.05) is 6.07 Å². The van der Waals surface area contributed by atoms with Gasteiger partial charge in [-0.05, 0) is 42.7 Å². The Bertz CT molecular complexity index is 944. The first kappa shape index (κ1) is 23.5. The molecule has 164 valence electrons. The molecule has 8 heteroatoms. The third kappa shape index (κ3) is 5.66. The highest BCUT2D eigenvalue weighted by Gasteiger charge is 2.32. The van der Waals surface area contributed by atoms with Crippen LogP contribution in [0.5, 0.6) is 11.5 Å². The van der Waals surface area contributed by atoms with Crippen molar-refractivity contribution in [2.75, 3.05) is 24.8 Å². The topological polar surface area (TPSA) is 84.9 Å². The predicted molar refractivity (Wildman–Crippen MR) is 119 cm³/mol. The Morgan fingerprint density at radius 2 is 1.63 bits per heavy atom. The van der Waals surface area contributed by atoms with E-state index in [2.05, 4.69) is 5.32 Å². The van der Waals surface area contributed by atoms with Gasteiger partial charge in [0.05, 0.1) is 32.2 Å². The van der Waals surface area contributed by atoms with E-state index in [0.29, 0.717) is 24.3 Å². The summed E-state index contributed by atoms with van der Waals surface area (Å²) >= 11 is 0. The molecule has 0 spiro atoms. The van der Waals surface area contributed by atoms with Crippen molar-refractivity contribution in [3.8, 4) is 11.5 Å². The second-order valence-electron chi connectivity index (χ2n) is 6.93. The third-order valence-electron chi connectivity index (χ3n) is 4.88. The molecule has 2 aromatic carbocycles. The van der Waals surface area contributed by atoms with E-state index in [0.717, 1.165) is 21.9 Å². The van der Waals surface area contributed by atoms with Crippen LogP contribution in [0.4, 0.5) is 5.69 Å². The molecule has 2 rings (SSSR count). The smallest absolute Gasteiger partial charge is 0.244 e. The maximum absolute atomic E-state index is 13.2. The highest BCUT2D eigenvalue weighted by atomic mass is 32.2. The fourth-order valence-electron chi connectivity index (χ4n) is 3.33. The summed E-state index contributed by atoms with van der Waals surface area (Å²) in [5.41, 5.74) is 1.31. The zero-order chi connectivity index (χ0) is 22.3. The first-order chi connectivity index (χ1) is 14.2. The first-order valence-electron chi connectivity index (χ1n) is 9.82. The molecule has 0 aliphatic heterocycles. The molecule has 0 heterocycles. The number of ether oxygens (including phenoxy) is 2. The maximum Gasteiger partial charge on any atom is 0.244 e. The van der Waals surface area contributed by atoms with Crippen molar-refractivity contribution >= 4 is 21.6 Å². The SMILES string of the molecule is CC[C@H](NC(=O)[C@H](CC)N(c1cccc(OC)c1)S(C)(=O)=O)c1ccc(OC)cc1. The second-order valence-corrected chi connectivity index (χ2v) is 8.79. The van der Waals surface area contributed by atoms with Gasteiger partial charge in [-0.1, -0.05) is 32.0 Å². The fourth-order valence-corrected chi connectivity index (χ4v) is 4.54. The summed E-state index contributed by atoms with van der Waals surface area (Å²) in [5.74, 6) is 0.891. The average molecular weight is 435 g/mol. The molecule has 0 unspecified atom stereocenters. The molecule has 0 fully saturated rings. The van der Waals surface area contributed by atoms with E-state index in [-0.39, 0.29) is 11.9 Å². The second kappa shape index (κ2) is 10.3. The number of amides is 1. The van der Waals surface area contributed by atoms with Crippen molar-refractivity contribution in [1.82, 2.24) is 5.32 Å². The Hall–Kier alpha value is -2.74. The largest absolute Gasteiger partial charge is 0.497 e. The van der Waals surface area contributed by atoms with Gasteiger partial charge in [0.15, 0.2) is 0 Å². The summed E-state index contributed by atoms with van der Waals surface area (Å²) in [6.07, 6.45) is 2.07. The zero-order valence-electron chi connectivity index (χ0n) is 18.1. The van der Waals surface area contributed by atoms with E-state index in [9.17, 15) is 13.2 Å². The normalized spacial score (nSPS) is 13.2. The third-order valence-corrected chi connectivity index (χ3v) is 6.06. The van der Waals surface area contributed by atoms with Crippen molar-refractivity contribution in [3.05, 3.63) is 54.1 Å². The lowest BCUT2D eigenvalue weighted by atomic mass is 10.0. The van der Waals surface area contributed by atoms with Gasteiger partial charge in [-0.2, -0.15) is 0 Å². The Morgan fingerprint density at radius 1 is 1.00 bits per heavy atom. The van der Waals surface area contributed by atoms with Crippen LogP contribution in [0, 0.1) is 0 Å². The van der Waals surface area contributed by atoms with E-state index >= 15 is 0 Å². The number of nitrogens with one attached hydrogen (secondary N) is 1. The molecular weight excluding hydrogens is 404 g/mol. The molecule has 2 aromatic rings. The molecule has 0 bridgehead atoms. The van der Waals surface area contributed by atoms with Crippen molar-refractivity contribution in [2.24, 2.45) is 0 Å². The van der Waals surface area contributed by atoms with Gasteiger partial charge in [0.1, 0.15) is 17.5 Å². The first-order valence-corrected chi connectivity index (χ1v) is 11.7. The molecule has 0 radical (unpaired) electrons.